The number of hydrogen-bond acceptors (Lipinski definition) is 5. The average molecular weight is 374 g/mol. The maximum Gasteiger partial charge on any atom is 0.173 e. The molecule has 2 aromatic heterocycles. The molecule has 0 radical (unpaired) electrons. The summed E-state index contributed by atoms with van der Waals surface area (Å²) in [5.74, 6) is 0.405. The summed E-state index contributed by atoms with van der Waals surface area (Å²) in [6.45, 7) is 4.05. The molecule has 0 N–H and O–H groups in total. The fourth-order valence-corrected chi connectivity index (χ4v) is 3.62. The van der Waals surface area contributed by atoms with Gasteiger partial charge < -0.3 is 0 Å². The van der Waals surface area contributed by atoms with Crippen molar-refractivity contribution in [3.63, 3.8) is 0 Å². The summed E-state index contributed by atoms with van der Waals surface area (Å²) >= 11 is 1.41. The van der Waals surface area contributed by atoms with Gasteiger partial charge in [0.05, 0.1) is 23.0 Å². The number of fused-ring (bicyclic) bond motifs is 1. The summed E-state index contributed by atoms with van der Waals surface area (Å²) in [6.07, 6.45) is 3.28. The molecule has 0 aliphatic rings. The number of nitrogens with zero attached hydrogens (tertiary/aromatic N) is 4. The molecule has 0 spiro atoms. The Bertz CT molecular complexity index is 1100. The first kappa shape index (κ1) is 17.4. The largest absolute Gasteiger partial charge is 0.293 e. The second kappa shape index (κ2) is 7.32. The molecule has 134 valence electrons. The maximum atomic E-state index is 12.4. The van der Waals surface area contributed by atoms with Crippen LogP contribution in [0.3, 0.4) is 0 Å². The van der Waals surface area contributed by atoms with Crippen LogP contribution in [0.15, 0.2) is 66.1 Å². The molecule has 0 aliphatic heterocycles. The van der Waals surface area contributed by atoms with E-state index in [9.17, 15) is 4.79 Å². The van der Waals surface area contributed by atoms with Crippen LogP contribution >= 0.6 is 11.8 Å². The van der Waals surface area contributed by atoms with E-state index in [-0.39, 0.29) is 5.78 Å². The van der Waals surface area contributed by atoms with Gasteiger partial charge in [0.1, 0.15) is 11.4 Å². The van der Waals surface area contributed by atoms with Gasteiger partial charge in [-0.2, -0.15) is 5.10 Å². The predicted molar refractivity (Wildman–Crippen MR) is 108 cm³/mol. The van der Waals surface area contributed by atoms with Crippen molar-refractivity contribution in [1.82, 2.24) is 19.7 Å². The van der Waals surface area contributed by atoms with Gasteiger partial charge in [0, 0.05) is 5.56 Å². The van der Waals surface area contributed by atoms with Gasteiger partial charge >= 0.3 is 0 Å². The van der Waals surface area contributed by atoms with E-state index in [1.165, 1.54) is 23.7 Å². The minimum Gasteiger partial charge on any atom is -0.293 e. The summed E-state index contributed by atoms with van der Waals surface area (Å²) in [5.41, 5.74) is 4.73. The molecule has 0 unspecified atom stereocenters. The van der Waals surface area contributed by atoms with E-state index in [4.69, 9.17) is 0 Å². The summed E-state index contributed by atoms with van der Waals surface area (Å²) in [4.78, 5) is 21.2. The number of carbonyl (C=O) groups excluding carboxylic acids is 1. The van der Waals surface area contributed by atoms with Crippen LogP contribution in [0, 0.1) is 13.8 Å². The van der Waals surface area contributed by atoms with Crippen molar-refractivity contribution in [2.24, 2.45) is 0 Å². The number of carbonyl (C=O) groups is 1. The molecule has 2 heterocycles. The zero-order valence-electron chi connectivity index (χ0n) is 15.1. The Kier molecular flexibility index (Phi) is 4.73. The molecule has 0 bridgehead atoms. The van der Waals surface area contributed by atoms with E-state index < -0.39 is 0 Å². The highest BCUT2D eigenvalue weighted by atomic mass is 32.2. The van der Waals surface area contributed by atoms with Gasteiger partial charge in [-0.25, -0.2) is 14.6 Å². The quantitative estimate of drug-likeness (QED) is 0.294. The van der Waals surface area contributed by atoms with E-state index in [1.54, 1.807) is 10.9 Å². The lowest BCUT2D eigenvalue weighted by molar-refractivity contribution is 0.102. The van der Waals surface area contributed by atoms with E-state index in [0.29, 0.717) is 11.3 Å². The number of aryl methyl sites for hydroxylation is 2. The molecule has 27 heavy (non-hydrogen) atoms. The van der Waals surface area contributed by atoms with Crippen molar-refractivity contribution in [3.05, 3.63) is 77.7 Å². The number of hydrogen-bond donors (Lipinski definition) is 0. The Hall–Kier alpha value is -2.99. The van der Waals surface area contributed by atoms with Crippen LogP contribution in [-0.4, -0.2) is 31.3 Å². The third-order valence-electron chi connectivity index (χ3n) is 4.32. The van der Waals surface area contributed by atoms with Gasteiger partial charge in [-0.1, -0.05) is 59.3 Å². The van der Waals surface area contributed by atoms with Gasteiger partial charge in [-0.15, -0.1) is 0 Å². The first-order valence-corrected chi connectivity index (χ1v) is 9.59. The van der Waals surface area contributed by atoms with Crippen molar-refractivity contribution in [2.45, 2.75) is 18.9 Å². The predicted octanol–water partition coefficient (Wildman–Crippen LogP) is 4.41. The van der Waals surface area contributed by atoms with Gasteiger partial charge in [0.25, 0.3) is 0 Å². The molecule has 0 atom stereocenters. The van der Waals surface area contributed by atoms with Crippen molar-refractivity contribution >= 4 is 28.6 Å². The summed E-state index contributed by atoms with van der Waals surface area (Å²) in [6, 6.07) is 15.7. The highest BCUT2D eigenvalue weighted by Crippen LogP contribution is 2.26. The van der Waals surface area contributed by atoms with Crippen molar-refractivity contribution < 1.29 is 4.79 Å². The molecule has 0 saturated heterocycles. The zero-order chi connectivity index (χ0) is 18.8. The number of benzene rings is 2. The molecule has 2 aromatic carbocycles. The second-order valence-corrected chi connectivity index (χ2v) is 7.35. The number of rotatable bonds is 5. The lowest BCUT2D eigenvalue weighted by Gasteiger charge is -2.05. The molecular weight excluding hydrogens is 356 g/mol. The van der Waals surface area contributed by atoms with E-state index in [0.717, 1.165) is 27.3 Å². The van der Waals surface area contributed by atoms with E-state index >= 15 is 0 Å². The molecule has 0 aliphatic carbocycles. The molecule has 0 fully saturated rings. The third kappa shape index (κ3) is 3.61. The Morgan fingerprint density at radius 2 is 1.63 bits per heavy atom. The minimum atomic E-state index is 0.0812. The minimum absolute atomic E-state index is 0.0812. The Balaban J connectivity index is 1.58. The molecule has 4 rings (SSSR count). The monoisotopic (exact) mass is 374 g/mol. The highest BCUT2D eigenvalue weighted by molar-refractivity contribution is 8.00. The van der Waals surface area contributed by atoms with Gasteiger partial charge in [-0.05, 0) is 26.0 Å². The number of Topliss-reactive ketones (excluding diaryl/α,β-unsaturated/α-hetero) is 1. The Morgan fingerprint density at radius 3 is 2.33 bits per heavy atom. The number of thioether (sulfide) groups is 1. The highest BCUT2D eigenvalue weighted by Gasteiger charge is 2.13. The maximum absolute atomic E-state index is 12.4. The van der Waals surface area contributed by atoms with Crippen molar-refractivity contribution in [2.75, 3.05) is 5.75 Å². The number of aromatic nitrogens is 4. The standard InChI is InChI=1S/C21H18N4OS/c1-14-3-7-16(8-4-14)19(26)12-27-21-18-11-24-25(20(18)22-13-23-21)17-9-5-15(2)6-10-17/h3-11,13H,12H2,1-2H3. The first-order chi connectivity index (χ1) is 13.1. The van der Waals surface area contributed by atoms with Crippen LogP contribution < -0.4 is 0 Å². The molecule has 0 amide bonds. The van der Waals surface area contributed by atoms with Crippen LogP contribution in [0.1, 0.15) is 21.5 Å². The SMILES string of the molecule is Cc1ccc(C(=O)CSc2ncnc3c2cnn3-c2ccc(C)cc2)cc1. The van der Waals surface area contributed by atoms with Gasteiger partial charge in [-0.3, -0.25) is 4.79 Å². The summed E-state index contributed by atoms with van der Waals surface area (Å²) < 4.78 is 1.79. The topological polar surface area (TPSA) is 60.7 Å². The fourth-order valence-electron chi connectivity index (χ4n) is 2.77. The van der Waals surface area contributed by atoms with Crippen LogP contribution in [-0.2, 0) is 0 Å². The van der Waals surface area contributed by atoms with Gasteiger partial charge in [0.15, 0.2) is 11.4 Å². The van der Waals surface area contributed by atoms with E-state index in [1.807, 2.05) is 62.4 Å². The lowest BCUT2D eigenvalue weighted by Crippen LogP contribution is -2.03. The van der Waals surface area contributed by atoms with Crippen LogP contribution in [0.5, 0.6) is 0 Å². The molecule has 0 saturated carbocycles. The molecule has 4 aromatic rings. The summed E-state index contributed by atoms with van der Waals surface area (Å²) in [5, 5.41) is 6.08. The Labute approximate surface area is 161 Å². The Morgan fingerprint density at radius 1 is 0.963 bits per heavy atom. The zero-order valence-corrected chi connectivity index (χ0v) is 15.9. The van der Waals surface area contributed by atoms with Crippen molar-refractivity contribution in [1.29, 1.82) is 0 Å². The van der Waals surface area contributed by atoms with Crippen molar-refractivity contribution in [3.8, 4) is 5.69 Å². The van der Waals surface area contributed by atoms with Gasteiger partial charge in [0.2, 0.25) is 0 Å². The number of ketones is 1. The lowest BCUT2D eigenvalue weighted by atomic mass is 10.1. The van der Waals surface area contributed by atoms with Crippen LogP contribution in [0.2, 0.25) is 0 Å². The average Bonchev–Trinajstić information content (AvgIpc) is 3.12. The van der Waals surface area contributed by atoms with Crippen LogP contribution in [0.4, 0.5) is 0 Å². The third-order valence-corrected chi connectivity index (χ3v) is 5.33. The summed E-state index contributed by atoms with van der Waals surface area (Å²) in [7, 11) is 0. The molecular formula is C21H18N4OS. The molecule has 6 heteroatoms. The first-order valence-electron chi connectivity index (χ1n) is 8.60. The smallest absolute Gasteiger partial charge is 0.173 e. The fraction of sp³-hybridized carbons (Fsp3) is 0.143. The normalized spacial score (nSPS) is 11.0. The van der Waals surface area contributed by atoms with E-state index in [2.05, 4.69) is 15.1 Å². The molecule has 5 nitrogen and oxygen atoms in total. The second-order valence-electron chi connectivity index (χ2n) is 6.39. The van der Waals surface area contributed by atoms with Crippen LogP contribution in [0.25, 0.3) is 16.7 Å².